The van der Waals surface area contributed by atoms with Crippen LogP contribution in [0.2, 0.25) is 5.02 Å². The Labute approximate surface area is 191 Å². The number of imidazole rings is 1. The van der Waals surface area contributed by atoms with Crippen LogP contribution in [0.1, 0.15) is 17.1 Å². The molecule has 33 heavy (non-hydrogen) atoms. The molecule has 166 valence electrons. The topological polar surface area (TPSA) is 123 Å². The van der Waals surface area contributed by atoms with Gasteiger partial charge >= 0.3 is 5.69 Å². The van der Waals surface area contributed by atoms with Gasteiger partial charge in [-0.3, -0.25) is 18.9 Å². The van der Waals surface area contributed by atoms with Crippen LogP contribution in [0.25, 0.3) is 22.1 Å². The van der Waals surface area contributed by atoms with Crippen LogP contribution >= 0.6 is 11.6 Å². The highest BCUT2D eigenvalue weighted by molar-refractivity contribution is 6.35. The van der Waals surface area contributed by atoms with Crippen molar-refractivity contribution in [1.82, 2.24) is 28.7 Å². The van der Waals surface area contributed by atoms with E-state index < -0.39 is 11.2 Å². The average molecular weight is 464 g/mol. The van der Waals surface area contributed by atoms with Crippen molar-refractivity contribution in [3.63, 3.8) is 0 Å². The number of fused-ring (bicyclic) bond motifs is 2. The molecule has 2 N–H and O–H groups in total. The lowest BCUT2D eigenvalue weighted by Crippen LogP contribution is -2.39. The number of pyridine rings is 1. The molecular weight excluding hydrogens is 446 g/mol. The zero-order chi connectivity index (χ0) is 23.3. The third-order valence-corrected chi connectivity index (χ3v) is 5.95. The standard InChI is InChI=1S/C22H18ClN7O3/c1-28-18-20(26-19(28)17(27-33)12-6-8-24-9-7-12)29(2)22(32)30(21(18)31)11-13-10-14-15(23)4-3-5-16(14)25-13/h3-10,25,33H,11H2,1-2H3/b27-17-. The Morgan fingerprint density at radius 2 is 1.91 bits per heavy atom. The first-order chi connectivity index (χ1) is 15.9. The second-order valence-electron chi connectivity index (χ2n) is 7.58. The van der Waals surface area contributed by atoms with Gasteiger partial charge in [0, 0.05) is 53.7 Å². The van der Waals surface area contributed by atoms with Crippen molar-refractivity contribution in [2.75, 3.05) is 0 Å². The number of H-pyrrole nitrogens is 1. The molecule has 4 heterocycles. The van der Waals surface area contributed by atoms with E-state index in [-0.39, 0.29) is 29.2 Å². The lowest BCUT2D eigenvalue weighted by molar-refractivity contribution is 0.319. The number of aryl methyl sites for hydroxylation is 2. The van der Waals surface area contributed by atoms with E-state index in [0.29, 0.717) is 16.3 Å². The molecule has 10 nitrogen and oxygen atoms in total. The summed E-state index contributed by atoms with van der Waals surface area (Å²) in [6.45, 7) is 0.0261. The summed E-state index contributed by atoms with van der Waals surface area (Å²) < 4.78 is 3.96. The van der Waals surface area contributed by atoms with Gasteiger partial charge in [0.05, 0.1) is 6.54 Å². The van der Waals surface area contributed by atoms with E-state index in [9.17, 15) is 14.8 Å². The number of rotatable bonds is 4. The minimum absolute atomic E-state index is 0.0261. The lowest BCUT2D eigenvalue weighted by atomic mass is 10.1. The maximum absolute atomic E-state index is 13.4. The molecule has 5 aromatic rings. The Morgan fingerprint density at radius 1 is 1.15 bits per heavy atom. The fraction of sp³-hybridized carbons (Fsp3) is 0.136. The number of hydrogen-bond donors (Lipinski definition) is 2. The second kappa shape index (κ2) is 7.75. The van der Waals surface area contributed by atoms with Crippen molar-refractivity contribution < 1.29 is 5.21 Å². The van der Waals surface area contributed by atoms with Crippen LogP contribution in [-0.2, 0) is 20.6 Å². The van der Waals surface area contributed by atoms with Crippen molar-refractivity contribution in [3.05, 3.63) is 91.7 Å². The molecule has 0 radical (unpaired) electrons. The monoisotopic (exact) mass is 463 g/mol. The maximum atomic E-state index is 13.4. The summed E-state index contributed by atoms with van der Waals surface area (Å²) in [4.78, 5) is 38.1. The summed E-state index contributed by atoms with van der Waals surface area (Å²) in [5, 5.41) is 14.4. The zero-order valence-electron chi connectivity index (χ0n) is 17.7. The van der Waals surface area contributed by atoms with E-state index in [4.69, 9.17) is 11.6 Å². The van der Waals surface area contributed by atoms with E-state index in [2.05, 4.69) is 20.1 Å². The highest BCUT2D eigenvalue weighted by atomic mass is 35.5. The molecule has 0 aliphatic rings. The van der Waals surface area contributed by atoms with E-state index >= 15 is 0 Å². The summed E-state index contributed by atoms with van der Waals surface area (Å²) >= 11 is 6.26. The van der Waals surface area contributed by atoms with Crippen LogP contribution in [0.15, 0.2) is 63.5 Å². The Balaban J connectivity index is 1.69. The summed E-state index contributed by atoms with van der Waals surface area (Å²) in [6, 6.07) is 10.6. The summed E-state index contributed by atoms with van der Waals surface area (Å²) in [5.41, 5.74) is 1.55. The van der Waals surface area contributed by atoms with Gasteiger partial charge in [-0.2, -0.15) is 0 Å². The maximum Gasteiger partial charge on any atom is 0.332 e. The fourth-order valence-electron chi connectivity index (χ4n) is 3.97. The van der Waals surface area contributed by atoms with Crippen LogP contribution in [0.3, 0.4) is 0 Å². The molecule has 0 bridgehead atoms. The number of nitrogens with zero attached hydrogens (tertiary/aromatic N) is 6. The Hall–Kier alpha value is -4.18. The van der Waals surface area contributed by atoms with Gasteiger partial charge in [0.15, 0.2) is 22.7 Å². The van der Waals surface area contributed by atoms with Gasteiger partial charge in [-0.1, -0.05) is 22.8 Å². The van der Waals surface area contributed by atoms with Gasteiger partial charge in [-0.15, -0.1) is 0 Å². The Morgan fingerprint density at radius 3 is 2.61 bits per heavy atom. The highest BCUT2D eigenvalue weighted by Crippen LogP contribution is 2.24. The molecule has 11 heteroatoms. The van der Waals surface area contributed by atoms with Crippen LogP contribution in [0.4, 0.5) is 0 Å². The van der Waals surface area contributed by atoms with Crippen LogP contribution in [0, 0.1) is 0 Å². The number of aromatic amines is 1. The van der Waals surface area contributed by atoms with Crippen LogP contribution in [-0.4, -0.2) is 39.6 Å². The SMILES string of the molecule is Cn1c(/C(=N\O)c2ccncc2)nc2c1c(=O)n(Cc1cc3c(Cl)cccc3[nH]1)c(=O)n2C. The number of aromatic nitrogens is 6. The van der Waals surface area contributed by atoms with Crippen molar-refractivity contribution in [2.24, 2.45) is 19.3 Å². The summed E-state index contributed by atoms with van der Waals surface area (Å²) in [6.07, 6.45) is 3.11. The number of nitrogens with one attached hydrogen (secondary N) is 1. The molecule has 0 fully saturated rings. The molecule has 0 aliphatic carbocycles. The fourth-order valence-corrected chi connectivity index (χ4v) is 4.20. The quantitative estimate of drug-likeness (QED) is 0.240. The van der Waals surface area contributed by atoms with E-state index in [1.165, 1.54) is 9.13 Å². The molecule has 0 saturated carbocycles. The minimum atomic E-state index is -0.520. The number of oxime groups is 1. The normalized spacial score (nSPS) is 12.2. The van der Waals surface area contributed by atoms with Crippen molar-refractivity contribution >= 4 is 39.4 Å². The number of halogens is 1. The predicted octanol–water partition coefficient (Wildman–Crippen LogP) is 2.24. The van der Waals surface area contributed by atoms with Crippen molar-refractivity contribution in [3.8, 4) is 0 Å². The van der Waals surface area contributed by atoms with Crippen molar-refractivity contribution in [1.29, 1.82) is 0 Å². The molecule has 0 aliphatic heterocycles. The van der Waals surface area contributed by atoms with Gasteiger partial charge in [-0.25, -0.2) is 9.78 Å². The second-order valence-corrected chi connectivity index (χ2v) is 7.99. The minimum Gasteiger partial charge on any atom is -0.410 e. The largest absolute Gasteiger partial charge is 0.410 e. The molecular formula is C22H18ClN7O3. The third-order valence-electron chi connectivity index (χ3n) is 5.62. The average Bonchev–Trinajstić information content (AvgIpc) is 3.39. The van der Waals surface area contributed by atoms with E-state index in [1.54, 1.807) is 44.7 Å². The summed E-state index contributed by atoms with van der Waals surface area (Å²) in [5.74, 6) is 0.237. The van der Waals surface area contributed by atoms with Gasteiger partial charge in [0.2, 0.25) is 0 Å². The molecule has 0 saturated heterocycles. The van der Waals surface area contributed by atoms with Crippen LogP contribution < -0.4 is 11.2 Å². The van der Waals surface area contributed by atoms with E-state index in [1.807, 2.05) is 18.2 Å². The van der Waals surface area contributed by atoms with Gasteiger partial charge in [0.25, 0.3) is 5.56 Å². The first-order valence-electron chi connectivity index (χ1n) is 9.96. The number of hydrogen-bond acceptors (Lipinski definition) is 6. The zero-order valence-corrected chi connectivity index (χ0v) is 18.4. The van der Waals surface area contributed by atoms with Gasteiger partial charge in [-0.05, 0) is 30.3 Å². The lowest BCUT2D eigenvalue weighted by Gasteiger charge is -2.08. The first-order valence-corrected chi connectivity index (χ1v) is 10.3. The highest BCUT2D eigenvalue weighted by Gasteiger charge is 2.22. The van der Waals surface area contributed by atoms with Gasteiger partial charge in [0.1, 0.15) is 0 Å². The van der Waals surface area contributed by atoms with Gasteiger partial charge < -0.3 is 14.8 Å². The third kappa shape index (κ3) is 3.23. The smallest absolute Gasteiger partial charge is 0.332 e. The Kier molecular flexibility index (Phi) is 4.86. The van der Waals surface area contributed by atoms with Crippen molar-refractivity contribution in [2.45, 2.75) is 6.54 Å². The molecule has 0 amide bonds. The van der Waals surface area contributed by atoms with Crippen LogP contribution in [0.5, 0.6) is 0 Å². The molecule has 5 rings (SSSR count). The molecule has 4 aromatic heterocycles. The molecule has 0 unspecified atom stereocenters. The molecule has 0 atom stereocenters. The number of benzene rings is 1. The molecule has 0 spiro atoms. The van der Waals surface area contributed by atoms with E-state index in [0.717, 1.165) is 15.5 Å². The summed E-state index contributed by atoms with van der Waals surface area (Å²) in [7, 11) is 3.18. The molecule has 1 aromatic carbocycles. The Bertz CT molecular complexity index is 1680. The first kappa shape index (κ1) is 20.7. The predicted molar refractivity (Wildman–Crippen MR) is 124 cm³/mol.